The number of amides is 1. The standard InChI is InChI=1S/C15H17N3O3S2/c1-9-4-5-11(10(2)6-9)7-12(19)16-14-17-18-15(23-14)22-8-13(20)21-3/h4-6H,7-8H2,1-3H3,(H,16,17,19). The summed E-state index contributed by atoms with van der Waals surface area (Å²) in [7, 11) is 1.34. The number of thioether (sulfide) groups is 1. The number of hydrogen-bond acceptors (Lipinski definition) is 7. The molecule has 0 saturated carbocycles. The molecule has 0 aliphatic carbocycles. The maximum absolute atomic E-state index is 12.1. The van der Waals surface area contributed by atoms with E-state index in [1.165, 1.54) is 35.8 Å². The van der Waals surface area contributed by atoms with E-state index in [4.69, 9.17) is 0 Å². The summed E-state index contributed by atoms with van der Waals surface area (Å²) in [6.07, 6.45) is 0.288. The first-order valence-corrected chi connectivity index (χ1v) is 8.67. The van der Waals surface area contributed by atoms with E-state index in [1.807, 2.05) is 26.0 Å². The van der Waals surface area contributed by atoms with Crippen LogP contribution in [0.25, 0.3) is 0 Å². The van der Waals surface area contributed by atoms with Gasteiger partial charge < -0.3 is 10.1 Å². The van der Waals surface area contributed by atoms with Gasteiger partial charge in [0.1, 0.15) is 0 Å². The van der Waals surface area contributed by atoms with Gasteiger partial charge in [-0.2, -0.15) is 0 Å². The Morgan fingerprint density at radius 1 is 1.30 bits per heavy atom. The largest absolute Gasteiger partial charge is 0.468 e. The first kappa shape index (κ1) is 17.4. The van der Waals surface area contributed by atoms with E-state index in [-0.39, 0.29) is 24.1 Å². The van der Waals surface area contributed by atoms with Crippen LogP contribution in [0.5, 0.6) is 0 Å². The summed E-state index contributed by atoms with van der Waals surface area (Å²) in [4.78, 5) is 23.2. The van der Waals surface area contributed by atoms with E-state index in [2.05, 4.69) is 26.3 Å². The summed E-state index contributed by atoms with van der Waals surface area (Å²) < 4.78 is 5.16. The molecule has 1 N–H and O–H groups in total. The number of carbonyl (C=O) groups is 2. The second-order valence-electron chi connectivity index (χ2n) is 4.89. The molecule has 1 aromatic heterocycles. The minimum Gasteiger partial charge on any atom is -0.468 e. The van der Waals surface area contributed by atoms with Gasteiger partial charge in [0, 0.05) is 0 Å². The molecule has 0 aliphatic rings. The second kappa shape index (κ2) is 8.07. The smallest absolute Gasteiger partial charge is 0.316 e. The molecule has 122 valence electrons. The molecule has 0 spiro atoms. The van der Waals surface area contributed by atoms with Gasteiger partial charge in [-0.25, -0.2) is 0 Å². The van der Waals surface area contributed by atoms with Crippen molar-refractivity contribution in [1.29, 1.82) is 0 Å². The van der Waals surface area contributed by atoms with Crippen LogP contribution in [0.1, 0.15) is 16.7 Å². The maximum atomic E-state index is 12.1. The highest BCUT2D eigenvalue weighted by Gasteiger charge is 2.12. The van der Waals surface area contributed by atoms with E-state index >= 15 is 0 Å². The molecule has 8 heteroatoms. The number of hydrogen-bond donors (Lipinski definition) is 1. The van der Waals surface area contributed by atoms with Crippen LogP contribution in [-0.2, 0) is 20.7 Å². The molecule has 2 aromatic rings. The lowest BCUT2D eigenvalue weighted by atomic mass is 10.0. The van der Waals surface area contributed by atoms with Crippen molar-refractivity contribution in [2.75, 3.05) is 18.2 Å². The molecule has 0 aliphatic heterocycles. The monoisotopic (exact) mass is 351 g/mol. The van der Waals surface area contributed by atoms with E-state index < -0.39 is 0 Å². The van der Waals surface area contributed by atoms with Gasteiger partial charge in [-0.05, 0) is 25.0 Å². The molecule has 0 bridgehead atoms. The Kier molecular flexibility index (Phi) is 6.12. The summed E-state index contributed by atoms with van der Waals surface area (Å²) in [6, 6.07) is 6.00. The number of nitrogens with one attached hydrogen (secondary N) is 1. The Balaban J connectivity index is 1.90. The molecule has 0 atom stereocenters. The lowest BCUT2D eigenvalue weighted by molar-refractivity contribution is -0.137. The number of esters is 1. The average Bonchev–Trinajstić information content (AvgIpc) is 2.95. The predicted molar refractivity (Wildman–Crippen MR) is 90.9 cm³/mol. The molecule has 1 amide bonds. The number of methoxy groups -OCH3 is 1. The fourth-order valence-corrected chi connectivity index (χ4v) is 3.48. The van der Waals surface area contributed by atoms with Gasteiger partial charge in [-0.1, -0.05) is 46.9 Å². The third-order valence-corrected chi connectivity index (χ3v) is 4.99. The highest BCUT2D eigenvalue weighted by molar-refractivity contribution is 8.01. The van der Waals surface area contributed by atoms with E-state index in [1.54, 1.807) is 0 Å². The molecule has 0 unspecified atom stereocenters. The lowest BCUT2D eigenvalue weighted by Crippen LogP contribution is -2.14. The lowest BCUT2D eigenvalue weighted by Gasteiger charge is -2.06. The summed E-state index contributed by atoms with van der Waals surface area (Å²) in [5.41, 5.74) is 3.24. The Bertz CT molecular complexity index is 716. The minimum absolute atomic E-state index is 0.141. The SMILES string of the molecule is COC(=O)CSc1nnc(NC(=O)Cc2ccc(C)cc2C)s1. The zero-order valence-electron chi connectivity index (χ0n) is 13.1. The van der Waals surface area contributed by atoms with Crippen LogP contribution < -0.4 is 5.32 Å². The summed E-state index contributed by atoms with van der Waals surface area (Å²) in [5, 5.41) is 11.0. The van der Waals surface area contributed by atoms with Crippen molar-refractivity contribution < 1.29 is 14.3 Å². The molecule has 1 heterocycles. The fourth-order valence-electron chi connectivity index (χ4n) is 1.88. The van der Waals surface area contributed by atoms with Gasteiger partial charge in [0.15, 0.2) is 4.34 Å². The summed E-state index contributed by atoms with van der Waals surface area (Å²) in [6.45, 7) is 4.01. The van der Waals surface area contributed by atoms with E-state index in [0.717, 1.165) is 11.1 Å². The van der Waals surface area contributed by atoms with Crippen LogP contribution >= 0.6 is 23.1 Å². The molecular weight excluding hydrogens is 334 g/mol. The molecule has 1 aromatic carbocycles. The van der Waals surface area contributed by atoms with Crippen molar-refractivity contribution in [2.24, 2.45) is 0 Å². The Morgan fingerprint density at radius 2 is 2.09 bits per heavy atom. The molecule has 23 heavy (non-hydrogen) atoms. The second-order valence-corrected chi connectivity index (χ2v) is 7.09. The van der Waals surface area contributed by atoms with Crippen LogP contribution in [0.15, 0.2) is 22.5 Å². The molecular formula is C15H17N3O3S2. The van der Waals surface area contributed by atoms with Crippen LogP contribution in [-0.4, -0.2) is 34.9 Å². The number of nitrogens with zero attached hydrogens (tertiary/aromatic N) is 2. The third-order valence-electron chi connectivity index (χ3n) is 3.04. The van der Waals surface area contributed by atoms with Crippen LogP contribution in [0, 0.1) is 13.8 Å². The molecule has 2 rings (SSSR count). The van der Waals surface area contributed by atoms with Crippen molar-refractivity contribution in [3.05, 3.63) is 34.9 Å². The number of rotatable bonds is 6. The number of benzene rings is 1. The number of anilines is 1. The fraction of sp³-hybridized carbons (Fsp3) is 0.333. The first-order chi connectivity index (χ1) is 11.0. The first-order valence-electron chi connectivity index (χ1n) is 6.87. The van der Waals surface area contributed by atoms with Gasteiger partial charge in [0.05, 0.1) is 19.3 Å². The number of ether oxygens (including phenoxy) is 1. The Morgan fingerprint density at radius 3 is 2.78 bits per heavy atom. The topological polar surface area (TPSA) is 81.2 Å². The van der Waals surface area contributed by atoms with Crippen molar-refractivity contribution >= 4 is 40.1 Å². The van der Waals surface area contributed by atoms with Crippen molar-refractivity contribution in [2.45, 2.75) is 24.6 Å². The van der Waals surface area contributed by atoms with Crippen molar-refractivity contribution in [1.82, 2.24) is 10.2 Å². The predicted octanol–water partition coefficient (Wildman–Crippen LogP) is 2.60. The maximum Gasteiger partial charge on any atom is 0.316 e. The van der Waals surface area contributed by atoms with Crippen LogP contribution in [0.2, 0.25) is 0 Å². The van der Waals surface area contributed by atoms with E-state index in [0.29, 0.717) is 9.47 Å². The van der Waals surface area contributed by atoms with Gasteiger partial charge in [0.2, 0.25) is 11.0 Å². The zero-order chi connectivity index (χ0) is 16.8. The van der Waals surface area contributed by atoms with E-state index in [9.17, 15) is 9.59 Å². The number of aromatic nitrogens is 2. The quantitative estimate of drug-likeness (QED) is 0.489. The van der Waals surface area contributed by atoms with Crippen LogP contribution in [0.3, 0.4) is 0 Å². The van der Waals surface area contributed by atoms with Gasteiger partial charge in [-0.3, -0.25) is 9.59 Å². The van der Waals surface area contributed by atoms with Crippen molar-refractivity contribution in [3.8, 4) is 0 Å². The Hall–Kier alpha value is -1.93. The van der Waals surface area contributed by atoms with Crippen molar-refractivity contribution in [3.63, 3.8) is 0 Å². The highest BCUT2D eigenvalue weighted by atomic mass is 32.2. The summed E-state index contributed by atoms with van der Waals surface area (Å²) in [5.74, 6) is -0.301. The normalized spacial score (nSPS) is 10.4. The molecule has 6 nitrogen and oxygen atoms in total. The minimum atomic E-state index is -0.328. The van der Waals surface area contributed by atoms with Gasteiger partial charge in [-0.15, -0.1) is 10.2 Å². The molecule has 0 fully saturated rings. The van der Waals surface area contributed by atoms with Gasteiger partial charge in [0.25, 0.3) is 0 Å². The molecule has 0 saturated heterocycles. The van der Waals surface area contributed by atoms with Gasteiger partial charge >= 0.3 is 5.97 Å². The summed E-state index contributed by atoms with van der Waals surface area (Å²) >= 11 is 2.46. The average molecular weight is 351 g/mol. The number of carbonyl (C=O) groups excluding carboxylic acids is 2. The molecule has 0 radical (unpaired) electrons. The third kappa shape index (κ3) is 5.33. The highest BCUT2D eigenvalue weighted by Crippen LogP contribution is 2.25. The zero-order valence-corrected chi connectivity index (χ0v) is 14.7. The Labute approximate surface area is 142 Å². The van der Waals surface area contributed by atoms with Crippen LogP contribution in [0.4, 0.5) is 5.13 Å². The number of aryl methyl sites for hydroxylation is 2.